The summed E-state index contributed by atoms with van der Waals surface area (Å²) in [6.07, 6.45) is -9.38. The van der Waals surface area contributed by atoms with Crippen molar-refractivity contribution < 1.29 is 137 Å². The average molecular weight is 1510 g/mol. The van der Waals surface area contributed by atoms with E-state index in [0.717, 1.165) is 0 Å². The van der Waals surface area contributed by atoms with Crippen LogP contribution in [0.5, 0.6) is 103 Å². The Morgan fingerprint density at radius 1 is 0.413 bits per heavy atom. The number of aliphatic hydroxyl groups excluding tert-OH is 8. The highest BCUT2D eigenvalue weighted by molar-refractivity contribution is 5.60. The number of rotatable bonds is 36. The van der Waals surface area contributed by atoms with Gasteiger partial charge in [0.25, 0.3) is 0 Å². The van der Waals surface area contributed by atoms with E-state index in [4.69, 9.17) is 80.5 Å². The molecule has 2 saturated heterocycles. The molecule has 11 rings (SSSR count). The van der Waals surface area contributed by atoms with Gasteiger partial charge in [0, 0.05) is 28.5 Å². The van der Waals surface area contributed by atoms with Crippen molar-refractivity contribution in [2.24, 2.45) is 11.8 Å². The number of benzene rings is 8. The molecule has 2 fully saturated rings. The normalized spacial score (nSPS) is 19.4. The SMILES string of the molecule is COc1cc(C(Oc2c(O)cc(C(Oc3ccc(C(O)C(CO)Oc4ccc(/C=C/CO)cc4OC)cc3OC)C(CO)Oc3ccc(C4OC(c5cc(OC)c(O)c(OC)c5)C5COCC45)cc3OC)cc2OC)C(CO)Oc2ccc(C3Oc4c(OC)cc(C(O)C(C)O)cc4C3CO)cc2OC)ccc1O. The molecule has 0 amide bonds. The quantitative estimate of drug-likeness (QED) is 0.0174. The van der Waals surface area contributed by atoms with Gasteiger partial charge in [0.2, 0.25) is 11.5 Å². The van der Waals surface area contributed by atoms with E-state index >= 15 is 0 Å². The van der Waals surface area contributed by atoms with Crippen molar-refractivity contribution >= 4 is 6.08 Å². The van der Waals surface area contributed by atoms with Crippen LogP contribution < -0.4 is 71.1 Å². The van der Waals surface area contributed by atoms with Crippen LogP contribution in [0, 0.1) is 11.8 Å². The summed E-state index contributed by atoms with van der Waals surface area (Å²) in [5, 5.41) is 121. The maximum absolute atomic E-state index is 12.6. The third-order valence-corrected chi connectivity index (χ3v) is 19.6. The fourth-order valence-corrected chi connectivity index (χ4v) is 14.0. The minimum Gasteiger partial charge on any atom is -0.504 e. The van der Waals surface area contributed by atoms with E-state index in [0.29, 0.717) is 52.3 Å². The number of hydrogen-bond acceptors (Lipinski definition) is 28. The minimum absolute atomic E-state index is 0.0128. The first-order valence-corrected chi connectivity index (χ1v) is 34.9. The zero-order valence-electron chi connectivity index (χ0n) is 61.7. The Hall–Kier alpha value is -10.5. The van der Waals surface area contributed by atoms with E-state index in [9.17, 15) is 56.2 Å². The lowest BCUT2D eigenvalue weighted by molar-refractivity contribution is -0.00366. The molecule has 109 heavy (non-hydrogen) atoms. The van der Waals surface area contributed by atoms with E-state index in [1.807, 2.05) is 0 Å². The molecule has 584 valence electrons. The first-order chi connectivity index (χ1) is 52.8. The van der Waals surface area contributed by atoms with Gasteiger partial charge in [-0.05, 0) is 137 Å². The van der Waals surface area contributed by atoms with Crippen molar-refractivity contribution in [1.82, 2.24) is 0 Å². The lowest BCUT2D eigenvalue weighted by atomic mass is 9.85. The van der Waals surface area contributed by atoms with E-state index < -0.39 is 105 Å². The number of hydrogen-bond donors (Lipinski definition) is 11. The van der Waals surface area contributed by atoms with E-state index in [2.05, 4.69) is 0 Å². The fourth-order valence-electron chi connectivity index (χ4n) is 14.0. The van der Waals surface area contributed by atoms with Crippen molar-refractivity contribution in [3.63, 3.8) is 0 Å². The van der Waals surface area contributed by atoms with Gasteiger partial charge < -0.3 is 137 Å². The lowest BCUT2D eigenvalue weighted by Gasteiger charge is -2.31. The predicted molar refractivity (Wildman–Crippen MR) is 392 cm³/mol. The van der Waals surface area contributed by atoms with Gasteiger partial charge in [-0.2, -0.15) is 0 Å². The number of methoxy groups -OCH3 is 9. The van der Waals surface area contributed by atoms with Crippen molar-refractivity contribution in [2.75, 3.05) is 110 Å². The monoisotopic (exact) mass is 1510 g/mol. The van der Waals surface area contributed by atoms with E-state index in [-0.39, 0.29) is 127 Å². The molecule has 3 aliphatic rings. The Labute approximate surface area is 629 Å². The molecule has 0 aliphatic carbocycles. The Morgan fingerprint density at radius 2 is 0.890 bits per heavy atom. The second kappa shape index (κ2) is 35.7. The van der Waals surface area contributed by atoms with Crippen molar-refractivity contribution in [1.29, 1.82) is 0 Å². The molecule has 3 aliphatic heterocycles. The zero-order chi connectivity index (χ0) is 77.9. The van der Waals surface area contributed by atoms with Crippen molar-refractivity contribution in [3.05, 3.63) is 184 Å². The van der Waals surface area contributed by atoms with Crippen LogP contribution >= 0.6 is 0 Å². The third-order valence-electron chi connectivity index (χ3n) is 19.6. The maximum atomic E-state index is 12.6. The molecular formula is C81H92O28. The summed E-state index contributed by atoms with van der Waals surface area (Å²) >= 11 is 0. The third kappa shape index (κ3) is 16.7. The first kappa shape index (κ1) is 79.5. The molecular weight excluding hydrogens is 1420 g/mol. The molecule has 14 atom stereocenters. The smallest absolute Gasteiger partial charge is 0.204 e. The molecule has 0 aromatic heterocycles. The van der Waals surface area contributed by atoms with Gasteiger partial charge in [0.1, 0.15) is 18.3 Å². The Kier molecular flexibility index (Phi) is 26.0. The summed E-state index contributed by atoms with van der Waals surface area (Å²) in [6.45, 7) is -0.519. The van der Waals surface area contributed by atoms with Crippen LogP contribution in [0.3, 0.4) is 0 Å². The Bertz CT molecular complexity index is 4420. The predicted octanol–water partition coefficient (Wildman–Crippen LogP) is 9.18. The molecule has 8 aromatic carbocycles. The standard InChI is InChI=1S/C81H92O28/c1-41(87)72(90)47-25-50-51(35-83)75(108-80(50)67(31-47)100-9)44-16-21-57(63(29-44)96-5)104-70(37-85)78(46-14-18-54(88)60(28-46)93-2)109-81-55(89)26-48(34-68(81)101-10)79(106-59-20-15-43(27-62(59)95-4)73(91)69(36-84)103-56-19-13-42(12-11-23-82)24-61(56)94-3)71(38-86)105-58-22-17-45(30-64(58)97-6)76-52-39-102-40-53(52)77(107-76)49-32-65(98-7)74(92)66(33-49)99-8/h11-22,24-34,41,51-53,69-73,75-79,82-92H,23,35-40H2,1-10H3/b12-11+. The van der Waals surface area contributed by atoms with Crippen molar-refractivity contribution in [2.45, 2.75) is 80.0 Å². The molecule has 11 N–H and O–H groups in total. The van der Waals surface area contributed by atoms with Gasteiger partial charge in [0.15, 0.2) is 123 Å². The van der Waals surface area contributed by atoms with E-state index in [1.54, 1.807) is 91.0 Å². The van der Waals surface area contributed by atoms with Crippen LogP contribution in [0.2, 0.25) is 0 Å². The highest BCUT2D eigenvalue weighted by Crippen LogP contribution is 2.57. The number of ether oxygens (including phenoxy) is 17. The molecule has 3 heterocycles. The maximum Gasteiger partial charge on any atom is 0.204 e. The summed E-state index contributed by atoms with van der Waals surface area (Å²) in [5.74, 6) is -0.0975. The fraction of sp³-hybridized carbons (Fsp3) is 0.383. The molecule has 0 bridgehead atoms. The first-order valence-electron chi connectivity index (χ1n) is 34.9. The van der Waals surface area contributed by atoms with Crippen LogP contribution in [-0.2, 0) is 9.47 Å². The van der Waals surface area contributed by atoms with Gasteiger partial charge in [-0.25, -0.2) is 0 Å². The van der Waals surface area contributed by atoms with Crippen LogP contribution in [0.1, 0.15) is 106 Å². The number of phenolic OH excluding ortho intramolecular Hbond substituents is 3. The molecule has 8 aromatic rings. The summed E-state index contributed by atoms with van der Waals surface area (Å²) < 4.78 is 104. The number of aromatic hydroxyl groups is 3. The summed E-state index contributed by atoms with van der Waals surface area (Å²) in [7, 11) is 12.6. The molecule has 0 saturated carbocycles. The molecule has 0 spiro atoms. The number of phenols is 3. The number of aliphatic hydroxyl groups is 8. The van der Waals surface area contributed by atoms with Gasteiger partial charge in [-0.15, -0.1) is 0 Å². The second-order valence-corrected chi connectivity index (χ2v) is 26.0. The van der Waals surface area contributed by atoms with Crippen molar-refractivity contribution in [3.8, 4) is 103 Å². The van der Waals surface area contributed by atoms with Crippen LogP contribution in [0.4, 0.5) is 0 Å². The van der Waals surface area contributed by atoms with Gasteiger partial charge >= 0.3 is 0 Å². The lowest BCUT2D eigenvalue weighted by Crippen LogP contribution is -2.34. The van der Waals surface area contributed by atoms with Gasteiger partial charge in [0.05, 0.1) is 134 Å². The molecule has 0 radical (unpaired) electrons. The highest BCUT2D eigenvalue weighted by Gasteiger charge is 2.50. The minimum atomic E-state index is -1.49. The summed E-state index contributed by atoms with van der Waals surface area (Å²) in [4.78, 5) is 0. The average Bonchev–Trinajstić information content (AvgIpc) is 1.65. The molecule has 14 unspecified atom stereocenters. The highest BCUT2D eigenvalue weighted by atomic mass is 16.6. The molecule has 28 nitrogen and oxygen atoms in total. The van der Waals surface area contributed by atoms with E-state index in [1.165, 1.54) is 119 Å². The zero-order valence-corrected chi connectivity index (χ0v) is 61.7. The van der Waals surface area contributed by atoms with Crippen LogP contribution in [-0.4, -0.2) is 191 Å². The van der Waals surface area contributed by atoms with Crippen LogP contribution in [0.15, 0.2) is 133 Å². The van der Waals surface area contributed by atoms with Gasteiger partial charge in [-0.1, -0.05) is 42.5 Å². The Morgan fingerprint density at radius 3 is 1.45 bits per heavy atom. The van der Waals surface area contributed by atoms with Crippen LogP contribution in [0.25, 0.3) is 6.08 Å². The molecule has 28 heteroatoms. The van der Waals surface area contributed by atoms with Gasteiger partial charge in [-0.3, -0.25) is 0 Å². The second-order valence-electron chi connectivity index (χ2n) is 26.0. The summed E-state index contributed by atoms with van der Waals surface area (Å²) in [6, 6.07) is 33.2. The topological polar surface area (TPSA) is 379 Å². The largest absolute Gasteiger partial charge is 0.504 e. The Balaban J connectivity index is 0.943. The number of fused-ring (bicyclic) bond motifs is 2. The summed E-state index contributed by atoms with van der Waals surface area (Å²) in [5.41, 5.74) is 4.10.